The predicted molar refractivity (Wildman–Crippen MR) is 91.7 cm³/mol. The molecule has 3 rings (SSSR count). The maximum atomic E-state index is 13.2. The van der Waals surface area contributed by atoms with E-state index in [9.17, 15) is 19.4 Å². The highest BCUT2D eigenvalue weighted by atomic mass is 35.5. The highest BCUT2D eigenvalue weighted by Crippen LogP contribution is 2.26. The zero-order chi connectivity index (χ0) is 18.7. The van der Waals surface area contributed by atoms with Crippen molar-refractivity contribution in [1.82, 2.24) is 10.2 Å². The second kappa shape index (κ2) is 8.60. The number of aliphatic hydroxyl groups is 2. The zero-order valence-corrected chi connectivity index (χ0v) is 14.9. The van der Waals surface area contributed by atoms with E-state index in [1.54, 1.807) is 0 Å². The number of hydrogen-bond donors (Lipinski definition) is 3. The number of benzene rings is 1. The predicted octanol–water partition coefficient (Wildman–Crippen LogP) is 0.0303. The van der Waals surface area contributed by atoms with Crippen molar-refractivity contribution in [2.24, 2.45) is 0 Å². The molecule has 2 saturated heterocycles. The highest BCUT2D eigenvalue weighted by molar-refractivity contribution is 6.31. The maximum absolute atomic E-state index is 13.2. The molecule has 2 heterocycles. The van der Waals surface area contributed by atoms with Crippen LogP contribution in [0.3, 0.4) is 0 Å². The summed E-state index contributed by atoms with van der Waals surface area (Å²) in [6, 6.07) is 3.38. The van der Waals surface area contributed by atoms with Crippen LogP contribution in [0.5, 0.6) is 0 Å². The summed E-state index contributed by atoms with van der Waals surface area (Å²) in [5.74, 6) is -1.01. The van der Waals surface area contributed by atoms with Crippen molar-refractivity contribution in [3.63, 3.8) is 0 Å². The number of rotatable bonds is 5. The number of carbonyl (C=O) groups is 1. The molecule has 4 unspecified atom stereocenters. The molecule has 4 atom stereocenters. The molecular weight excluding hydrogens is 367 g/mol. The molecule has 7 nitrogen and oxygen atoms in total. The minimum Gasteiger partial charge on any atom is -0.394 e. The van der Waals surface area contributed by atoms with Gasteiger partial charge in [0.15, 0.2) is 0 Å². The normalized spacial score (nSPS) is 29.7. The van der Waals surface area contributed by atoms with E-state index in [0.717, 1.165) is 6.07 Å². The SMILES string of the molecule is O=C(NCC1OC(CO)C(O)C1N1CCOCC1)c1ccc(F)c(Cl)c1. The lowest BCUT2D eigenvalue weighted by Crippen LogP contribution is -2.54. The number of amides is 1. The first-order valence-corrected chi connectivity index (χ1v) is 8.88. The van der Waals surface area contributed by atoms with Crippen molar-refractivity contribution in [3.05, 3.63) is 34.6 Å². The van der Waals surface area contributed by atoms with Gasteiger partial charge < -0.3 is 25.0 Å². The number of hydrogen-bond acceptors (Lipinski definition) is 6. The Morgan fingerprint density at radius 1 is 1.35 bits per heavy atom. The smallest absolute Gasteiger partial charge is 0.251 e. The molecule has 0 saturated carbocycles. The number of ether oxygens (including phenoxy) is 2. The minimum absolute atomic E-state index is 0.128. The van der Waals surface area contributed by atoms with Crippen LogP contribution in [0.4, 0.5) is 4.39 Å². The highest BCUT2D eigenvalue weighted by Gasteiger charge is 2.46. The lowest BCUT2D eigenvalue weighted by Gasteiger charge is -2.36. The summed E-state index contributed by atoms with van der Waals surface area (Å²) in [5, 5.41) is 22.5. The van der Waals surface area contributed by atoms with Gasteiger partial charge in [0.25, 0.3) is 5.91 Å². The van der Waals surface area contributed by atoms with Gasteiger partial charge in [-0.25, -0.2) is 4.39 Å². The molecule has 9 heteroatoms. The maximum Gasteiger partial charge on any atom is 0.251 e. The third kappa shape index (κ3) is 4.16. The molecule has 0 spiro atoms. The molecule has 144 valence electrons. The molecule has 26 heavy (non-hydrogen) atoms. The summed E-state index contributed by atoms with van der Waals surface area (Å²) in [4.78, 5) is 14.3. The van der Waals surface area contributed by atoms with E-state index >= 15 is 0 Å². The Kier molecular flexibility index (Phi) is 6.44. The molecule has 2 fully saturated rings. The third-order valence-electron chi connectivity index (χ3n) is 4.75. The quantitative estimate of drug-likeness (QED) is 0.659. The number of carbonyl (C=O) groups excluding carboxylic acids is 1. The summed E-state index contributed by atoms with van der Waals surface area (Å²) >= 11 is 5.71. The molecule has 0 bridgehead atoms. The lowest BCUT2D eigenvalue weighted by atomic mass is 10.0. The van der Waals surface area contributed by atoms with Crippen LogP contribution in [0.1, 0.15) is 10.4 Å². The van der Waals surface area contributed by atoms with Crippen LogP contribution >= 0.6 is 11.6 Å². The topological polar surface area (TPSA) is 91.3 Å². The first-order chi connectivity index (χ1) is 12.5. The molecule has 3 N–H and O–H groups in total. The first kappa shape index (κ1) is 19.5. The minimum atomic E-state index is -0.861. The van der Waals surface area contributed by atoms with Crippen LogP contribution in [0.25, 0.3) is 0 Å². The van der Waals surface area contributed by atoms with E-state index < -0.39 is 30.0 Å². The van der Waals surface area contributed by atoms with Crippen LogP contribution in [0.2, 0.25) is 5.02 Å². The van der Waals surface area contributed by atoms with Crippen molar-refractivity contribution in [2.45, 2.75) is 24.4 Å². The summed E-state index contributed by atoms with van der Waals surface area (Å²) in [7, 11) is 0. The molecule has 2 aliphatic heterocycles. The summed E-state index contributed by atoms with van der Waals surface area (Å²) in [5.41, 5.74) is 0.233. The number of halogens is 2. The van der Waals surface area contributed by atoms with E-state index in [1.807, 2.05) is 0 Å². The fourth-order valence-electron chi connectivity index (χ4n) is 3.40. The number of morpholine rings is 1. The van der Waals surface area contributed by atoms with Crippen LogP contribution in [0, 0.1) is 5.82 Å². The fourth-order valence-corrected chi connectivity index (χ4v) is 3.59. The average molecular weight is 389 g/mol. The van der Waals surface area contributed by atoms with Crippen LogP contribution in [-0.4, -0.2) is 84.8 Å². The standard InChI is InChI=1S/C17H22ClFN2O5/c18-11-7-10(1-2-12(11)19)17(24)20-8-13-15(16(23)14(9-22)26-13)21-3-5-25-6-4-21/h1-2,7,13-16,22-23H,3-6,8-9H2,(H,20,24). The van der Waals surface area contributed by atoms with Gasteiger partial charge in [0.05, 0.1) is 37.0 Å². The Balaban J connectivity index is 1.65. The van der Waals surface area contributed by atoms with Gasteiger partial charge in [-0.15, -0.1) is 0 Å². The van der Waals surface area contributed by atoms with Gasteiger partial charge in [-0.05, 0) is 18.2 Å². The second-order valence-corrected chi connectivity index (χ2v) is 6.77. The monoisotopic (exact) mass is 388 g/mol. The molecule has 2 aliphatic rings. The zero-order valence-electron chi connectivity index (χ0n) is 14.1. The molecular formula is C17H22ClFN2O5. The number of aliphatic hydroxyl groups excluding tert-OH is 2. The summed E-state index contributed by atoms with van der Waals surface area (Å²) < 4.78 is 24.3. The first-order valence-electron chi connectivity index (χ1n) is 8.50. The molecule has 1 aromatic carbocycles. The van der Waals surface area contributed by atoms with E-state index in [4.69, 9.17) is 21.1 Å². The van der Waals surface area contributed by atoms with Gasteiger partial charge in [0.2, 0.25) is 0 Å². The largest absolute Gasteiger partial charge is 0.394 e. The Morgan fingerprint density at radius 2 is 2.08 bits per heavy atom. The second-order valence-electron chi connectivity index (χ2n) is 6.36. The van der Waals surface area contributed by atoms with E-state index in [1.165, 1.54) is 12.1 Å². The van der Waals surface area contributed by atoms with E-state index in [0.29, 0.717) is 26.3 Å². The van der Waals surface area contributed by atoms with Gasteiger partial charge in [0, 0.05) is 25.2 Å². The molecule has 0 aromatic heterocycles. The number of nitrogens with one attached hydrogen (secondary N) is 1. The lowest BCUT2D eigenvalue weighted by molar-refractivity contribution is -0.0220. The Morgan fingerprint density at radius 3 is 2.73 bits per heavy atom. The van der Waals surface area contributed by atoms with Gasteiger partial charge >= 0.3 is 0 Å². The molecule has 0 aliphatic carbocycles. The van der Waals surface area contributed by atoms with Crippen molar-refractivity contribution >= 4 is 17.5 Å². The van der Waals surface area contributed by atoms with Crippen LogP contribution in [-0.2, 0) is 9.47 Å². The molecule has 0 radical (unpaired) electrons. The Bertz CT molecular complexity index is 644. The van der Waals surface area contributed by atoms with Crippen molar-refractivity contribution < 1.29 is 28.9 Å². The van der Waals surface area contributed by atoms with Crippen LogP contribution in [0.15, 0.2) is 18.2 Å². The Labute approximate surface area is 155 Å². The van der Waals surface area contributed by atoms with Crippen LogP contribution < -0.4 is 5.32 Å². The van der Waals surface area contributed by atoms with Crippen molar-refractivity contribution in [3.8, 4) is 0 Å². The van der Waals surface area contributed by atoms with Gasteiger partial charge in [-0.1, -0.05) is 11.6 Å². The summed E-state index contributed by atoms with van der Waals surface area (Å²) in [6.07, 6.45) is -2.05. The Hall–Kier alpha value is -1.29. The van der Waals surface area contributed by atoms with Gasteiger partial charge in [0.1, 0.15) is 18.0 Å². The van der Waals surface area contributed by atoms with Gasteiger partial charge in [-0.2, -0.15) is 0 Å². The number of nitrogens with zero attached hydrogens (tertiary/aromatic N) is 1. The molecule has 1 amide bonds. The molecule has 1 aromatic rings. The summed E-state index contributed by atoms with van der Waals surface area (Å²) in [6.45, 7) is 2.23. The third-order valence-corrected chi connectivity index (χ3v) is 5.04. The van der Waals surface area contributed by atoms with Gasteiger partial charge in [-0.3, -0.25) is 9.69 Å². The van der Waals surface area contributed by atoms with E-state index in [-0.39, 0.29) is 29.8 Å². The van der Waals surface area contributed by atoms with Crippen molar-refractivity contribution in [1.29, 1.82) is 0 Å². The average Bonchev–Trinajstić information content (AvgIpc) is 2.98. The van der Waals surface area contributed by atoms with Crippen molar-refractivity contribution in [2.75, 3.05) is 39.5 Å². The fraction of sp³-hybridized carbons (Fsp3) is 0.588. The van der Waals surface area contributed by atoms with E-state index in [2.05, 4.69) is 10.2 Å².